The number of rotatable bonds is 7. The summed E-state index contributed by atoms with van der Waals surface area (Å²) in [6.07, 6.45) is 3.58. The fraction of sp³-hybridized carbons (Fsp3) is 0.214. The van der Waals surface area contributed by atoms with Gasteiger partial charge in [0.15, 0.2) is 11.5 Å². The number of aryl methyl sites for hydroxylation is 1. The fourth-order valence-electron chi connectivity index (χ4n) is 4.04. The predicted molar refractivity (Wildman–Crippen MR) is 134 cm³/mol. The van der Waals surface area contributed by atoms with Crippen LogP contribution in [0.2, 0.25) is 0 Å². The van der Waals surface area contributed by atoms with Gasteiger partial charge < -0.3 is 14.4 Å². The van der Waals surface area contributed by atoms with E-state index < -0.39 is 0 Å². The molecule has 4 heteroatoms. The molecule has 4 aromatic rings. The molecule has 32 heavy (non-hydrogen) atoms. The summed E-state index contributed by atoms with van der Waals surface area (Å²) < 4.78 is 11.6. The van der Waals surface area contributed by atoms with Crippen molar-refractivity contribution in [2.75, 3.05) is 18.1 Å². The van der Waals surface area contributed by atoms with Crippen LogP contribution in [0, 0.1) is 0 Å². The maximum Gasteiger partial charge on any atom is 0.179 e. The Bertz CT molecular complexity index is 1150. The van der Waals surface area contributed by atoms with Gasteiger partial charge in [-0.25, -0.2) is 0 Å². The van der Waals surface area contributed by atoms with Crippen LogP contribution in [-0.2, 0) is 6.42 Å². The quantitative estimate of drug-likeness (QED) is 0.290. The third kappa shape index (κ3) is 4.23. The van der Waals surface area contributed by atoms with Crippen LogP contribution in [0.25, 0.3) is 10.4 Å². The summed E-state index contributed by atoms with van der Waals surface area (Å²) in [5.41, 5.74) is 5.97. The smallest absolute Gasteiger partial charge is 0.179 e. The van der Waals surface area contributed by atoms with E-state index in [0.717, 1.165) is 45.4 Å². The largest absolute Gasteiger partial charge is 0.485 e. The van der Waals surface area contributed by atoms with Gasteiger partial charge in [-0.3, -0.25) is 0 Å². The lowest BCUT2D eigenvalue weighted by Crippen LogP contribution is -2.14. The number of para-hydroxylation sites is 1. The van der Waals surface area contributed by atoms with Gasteiger partial charge >= 0.3 is 0 Å². The first-order valence-corrected chi connectivity index (χ1v) is 12.1. The highest BCUT2D eigenvalue weighted by molar-refractivity contribution is 7.14. The van der Waals surface area contributed by atoms with Crippen molar-refractivity contribution in [3.8, 4) is 21.9 Å². The molecule has 3 aromatic carbocycles. The molecule has 0 N–H and O–H groups in total. The molecule has 1 aromatic heterocycles. The molecule has 0 unspecified atom stereocenters. The van der Waals surface area contributed by atoms with Crippen LogP contribution < -0.4 is 14.4 Å². The van der Waals surface area contributed by atoms with Crippen LogP contribution in [-0.4, -0.2) is 13.2 Å². The summed E-state index contributed by atoms with van der Waals surface area (Å²) in [7, 11) is 0. The fourth-order valence-corrected chi connectivity index (χ4v) is 4.98. The van der Waals surface area contributed by atoms with E-state index in [1.54, 1.807) is 11.3 Å². The summed E-state index contributed by atoms with van der Waals surface area (Å²) in [6.45, 7) is 3.45. The number of anilines is 3. The molecule has 0 aliphatic carbocycles. The van der Waals surface area contributed by atoms with E-state index in [0.29, 0.717) is 13.2 Å². The molecule has 0 atom stereocenters. The maximum atomic E-state index is 5.88. The average molecular weight is 442 g/mol. The first kappa shape index (κ1) is 20.7. The molecule has 0 saturated heterocycles. The molecule has 0 saturated carbocycles. The van der Waals surface area contributed by atoms with Gasteiger partial charge in [-0.1, -0.05) is 55.8 Å². The number of nitrogens with zero attached hydrogens (tertiary/aromatic N) is 1. The number of unbranched alkanes of at least 4 members (excludes halogenated alkanes) is 1. The standard InChI is InChI=1S/C28H27NO2S/c1-2-3-7-21-10-14-24(15-11-21)29(23-8-5-4-6-9-23)25-16-12-22(13-17-25)28-27-26(20-32-28)30-18-19-31-27/h4-6,8-17,20H,2-3,7,18-19H2,1H3. The van der Waals surface area contributed by atoms with Gasteiger partial charge in [0.2, 0.25) is 0 Å². The number of hydrogen-bond donors (Lipinski definition) is 0. The lowest BCUT2D eigenvalue weighted by Gasteiger charge is -2.26. The zero-order chi connectivity index (χ0) is 21.8. The van der Waals surface area contributed by atoms with E-state index in [-0.39, 0.29) is 0 Å². The van der Waals surface area contributed by atoms with Crippen LogP contribution in [0.3, 0.4) is 0 Å². The molecule has 0 spiro atoms. The maximum absolute atomic E-state index is 5.88. The Kier molecular flexibility index (Phi) is 6.13. The van der Waals surface area contributed by atoms with Crippen molar-refractivity contribution in [3.63, 3.8) is 0 Å². The Balaban J connectivity index is 1.48. The molecular weight excluding hydrogens is 414 g/mol. The van der Waals surface area contributed by atoms with Crippen molar-refractivity contribution in [3.05, 3.63) is 89.8 Å². The SMILES string of the molecule is CCCCc1ccc(N(c2ccccc2)c2ccc(-c3scc4c3OCCO4)cc2)cc1. The van der Waals surface area contributed by atoms with E-state index in [1.807, 2.05) is 5.38 Å². The van der Waals surface area contributed by atoms with Gasteiger partial charge in [0.1, 0.15) is 13.2 Å². The van der Waals surface area contributed by atoms with Crippen molar-refractivity contribution >= 4 is 28.4 Å². The topological polar surface area (TPSA) is 21.7 Å². The Morgan fingerprint density at radius 3 is 2.16 bits per heavy atom. The number of ether oxygens (including phenoxy) is 2. The number of thiophene rings is 1. The molecule has 2 heterocycles. The molecule has 5 rings (SSSR count). The normalized spacial score (nSPS) is 12.5. The van der Waals surface area contributed by atoms with Crippen molar-refractivity contribution < 1.29 is 9.47 Å². The van der Waals surface area contributed by atoms with Gasteiger partial charge in [-0.05, 0) is 60.4 Å². The van der Waals surface area contributed by atoms with Crippen molar-refractivity contribution in [2.45, 2.75) is 26.2 Å². The Hall–Kier alpha value is -3.24. The average Bonchev–Trinajstić information content (AvgIpc) is 3.29. The van der Waals surface area contributed by atoms with E-state index >= 15 is 0 Å². The molecule has 162 valence electrons. The van der Waals surface area contributed by atoms with Crippen LogP contribution in [0.1, 0.15) is 25.3 Å². The van der Waals surface area contributed by atoms with E-state index in [4.69, 9.17) is 9.47 Å². The minimum Gasteiger partial charge on any atom is -0.485 e. The van der Waals surface area contributed by atoms with E-state index in [1.165, 1.54) is 18.4 Å². The zero-order valence-electron chi connectivity index (χ0n) is 18.3. The van der Waals surface area contributed by atoms with Gasteiger partial charge in [-0.2, -0.15) is 0 Å². The van der Waals surface area contributed by atoms with Crippen molar-refractivity contribution in [2.24, 2.45) is 0 Å². The van der Waals surface area contributed by atoms with Crippen LogP contribution in [0.15, 0.2) is 84.2 Å². The Morgan fingerprint density at radius 1 is 0.781 bits per heavy atom. The summed E-state index contributed by atoms with van der Waals surface area (Å²) in [4.78, 5) is 3.43. The third-order valence-corrected chi connectivity index (χ3v) is 6.71. The predicted octanol–water partition coefficient (Wildman–Crippen LogP) is 8.00. The number of hydrogen-bond acceptors (Lipinski definition) is 4. The lowest BCUT2D eigenvalue weighted by molar-refractivity contribution is 0.174. The highest BCUT2D eigenvalue weighted by atomic mass is 32.1. The van der Waals surface area contributed by atoms with Gasteiger partial charge in [0, 0.05) is 22.4 Å². The first-order valence-electron chi connectivity index (χ1n) is 11.2. The molecule has 0 fully saturated rings. The summed E-state index contributed by atoms with van der Waals surface area (Å²) in [5.74, 6) is 1.73. The monoisotopic (exact) mass is 441 g/mol. The second-order valence-electron chi connectivity index (χ2n) is 7.94. The van der Waals surface area contributed by atoms with Crippen molar-refractivity contribution in [1.29, 1.82) is 0 Å². The lowest BCUT2D eigenvalue weighted by atomic mass is 10.1. The molecule has 1 aliphatic rings. The minimum absolute atomic E-state index is 0.602. The van der Waals surface area contributed by atoms with Gasteiger partial charge in [-0.15, -0.1) is 11.3 Å². The number of fused-ring (bicyclic) bond motifs is 1. The summed E-state index contributed by atoms with van der Waals surface area (Å²) in [5, 5.41) is 2.04. The van der Waals surface area contributed by atoms with Crippen molar-refractivity contribution in [1.82, 2.24) is 0 Å². The summed E-state index contributed by atoms with van der Waals surface area (Å²) >= 11 is 1.67. The molecule has 3 nitrogen and oxygen atoms in total. The van der Waals surface area contributed by atoms with E-state index in [2.05, 4.69) is 90.7 Å². The number of benzene rings is 3. The second-order valence-corrected chi connectivity index (χ2v) is 8.82. The summed E-state index contributed by atoms with van der Waals surface area (Å²) in [6, 6.07) is 28.2. The molecule has 0 bridgehead atoms. The highest BCUT2D eigenvalue weighted by Crippen LogP contribution is 2.46. The van der Waals surface area contributed by atoms with Crippen LogP contribution in [0.4, 0.5) is 17.1 Å². The van der Waals surface area contributed by atoms with Gasteiger partial charge in [0.05, 0.1) is 4.88 Å². The molecule has 1 aliphatic heterocycles. The van der Waals surface area contributed by atoms with Gasteiger partial charge in [0.25, 0.3) is 0 Å². The second kappa shape index (κ2) is 9.49. The minimum atomic E-state index is 0.602. The third-order valence-electron chi connectivity index (χ3n) is 5.72. The highest BCUT2D eigenvalue weighted by Gasteiger charge is 2.20. The zero-order valence-corrected chi connectivity index (χ0v) is 19.1. The first-order chi connectivity index (χ1) is 15.8. The van der Waals surface area contributed by atoms with Crippen LogP contribution >= 0.6 is 11.3 Å². The molecule has 0 amide bonds. The molecule has 0 radical (unpaired) electrons. The van der Waals surface area contributed by atoms with Crippen LogP contribution in [0.5, 0.6) is 11.5 Å². The Morgan fingerprint density at radius 2 is 1.44 bits per heavy atom. The van der Waals surface area contributed by atoms with E-state index in [9.17, 15) is 0 Å². The Labute approximate surface area is 193 Å². The molecular formula is C28H27NO2S.